The molecule has 2 aliphatic rings. The van der Waals surface area contributed by atoms with E-state index in [0.29, 0.717) is 5.69 Å². The second-order valence-electron chi connectivity index (χ2n) is 9.30. The summed E-state index contributed by atoms with van der Waals surface area (Å²) in [6.45, 7) is 2.06. The highest BCUT2D eigenvalue weighted by Crippen LogP contribution is 2.44. The summed E-state index contributed by atoms with van der Waals surface area (Å²) in [5.74, 6) is 0.873. The first kappa shape index (κ1) is 21.2. The number of hydrogen-bond acceptors (Lipinski definition) is 4. The lowest BCUT2D eigenvalue weighted by molar-refractivity contribution is 0.111. The van der Waals surface area contributed by atoms with Crippen molar-refractivity contribution in [1.82, 2.24) is 9.38 Å². The van der Waals surface area contributed by atoms with Crippen molar-refractivity contribution in [3.05, 3.63) is 82.3 Å². The minimum atomic E-state index is -0.278. The zero-order chi connectivity index (χ0) is 23.0. The standard InChI is InChI=1S/C28H27N3O2/c1-28(18-29)11-8-19(9-12-28)24-5-3-4-20-14-23(33-2)6-7-25(20)27(24)21-10-13-31-16-22(17-32)30-26(31)15-21/h6-8,10,13-17H,3-5,9,11-12H2,1-2H3. The summed E-state index contributed by atoms with van der Waals surface area (Å²) in [6.07, 6.45) is 12.4. The molecule has 0 saturated heterocycles. The number of imidazole rings is 1. The largest absolute Gasteiger partial charge is 0.497 e. The zero-order valence-corrected chi connectivity index (χ0v) is 19.1. The molecule has 0 amide bonds. The van der Waals surface area contributed by atoms with Crippen LogP contribution in [-0.2, 0) is 6.42 Å². The molecule has 2 heterocycles. The number of carbonyl (C=O) groups excluding carboxylic acids is 1. The fourth-order valence-corrected chi connectivity index (χ4v) is 5.09. The Hall–Kier alpha value is -3.65. The first-order chi connectivity index (χ1) is 16.0. The molecule has 0 fully saturated rings. The van der Waals surface area contributed by atoms with Gasteiger partial charge in [0.05, 0.1) is 18.6 Å². The maximum absolute atomic E-state index is 11.2. The summed E-state index contributed by atoms with van der Waals surface area (Å²) >= 11 is 0. The van der Waals surface area contributed by atoms with Crippen LogP contribution in [-0.4, -0.2) is 22.8 Å². The van der Waals surface area contributed by atoms with Crippen LogP contribution >= 0.6 is 0 Å². The van der Waals surface area contributed by atoms with Crippen molar-refractivity contribution in [1.29, 1.82) is 5.26 Å². The number of benzene rings is 1. The van der Waals surface area contributed by atoms with E-state index in [-0.39, 0.29) is 5.41 Å². The molecule has 5 nitrogen and oxygen atoms in total. The minimum Gasteiger partial charge on any atom is -0.497 e. The molecule has 0 radical (unpaired) electrons. The number of fused-ring (bicyclic) bond motifs is 2. The average Bonchev–Trinajstić information content (AvgIpc) is 3.17. The van der Waals surface area contributed by atoms with Crippen LogP contribution in [0.15, 0.2) is 59.9 Å². The maximum atomic E-state index is 11.2. The number of aryl methyl sites for hydroxylation is 1. The van der Waals surface area contributed by atoms with Crippen molar-refractivity contribution < 1.29 is 9.53 Å². The van der Waals surface area contributed by atoms with Crippen molar-refractivity contribution in [3.63, 3.8) is 0 Å². The van der Waals surface area contributed by atoms with E-state index in [9.17, 15) is 10.1 Å². The number of pyridine rings is 1. The molecule has 0 spiro atoms. The van der Waals surface area contributed by atoms with Gasteiger partial charge in [0, 0.05) is 12.4 Å². The van der Waals surface area contributed by atoms with Crippen LogP contribution < -0.4 is 4.74 Å². The van der Waals surface area contributed by atoms with E-state index in [0.717, 1.165) is 61.8 Å². The Labute approximate surface area is 194 Å². The third-order valence-electron chi connectivity index (χ3n) is 7.05. The van der Waals surface area contributed by atoms with E-state index in [1.807, 2.05) is 16.7 Å². The zero-order valence-electron chi connectivity index (χ0n) is 19.1. The summed E-state index contributed by atoms with van der Waals surface area (Å²) < 4.78 is 7.40. The number of allylic oxidation sites excluding steroid dienone is 3. The van der Waals surface area contributed by atoms with E-state index >= 15 is 0 Å². The Bertz CT molecular complexity index is 1360. The fourth-order valence-electron chi connectivity index (χ4n) is 5.09. The Balaban J connectivity index is 1.72. The summed E-state index contributed by atoms with van der Waals surface area (Å²) in [6, 6.07) is 13.0. The third-order valence-corrected chi connectivity index (χ3v) is 7.05. The molecule has 0 N–H and O–H groups in total. The summed E-state index contributed by atoms with van der Waals surface area (Å²) in [4.78, 5) is 15.7. The van der Waals surface area contributed by atoms with E-state index in [1.165, 1.54) is 27.8 Å². The highest BCUT2D eigenvalue weighted by molar-refractivity contribution is 5.88. The van der Waals surface area contributed by atoms with Crippen LogP contribution in [0.5, 0.6) is 5.75 Å². The summed E-state index contributed by atoms with van der Waals surface area (Å²) in [5.41, 5.74) is 8.48. The van der Waals surface area contributed by atoms with Crippen LogP contribution in [0.2, 0.25) is 0 Å². The summed E-state index contributed by atoms with van der Waals surface area (Å²) in [5, 5.41) is 9.59. The molecule has 33 heavy (non-hydrogen) atoms. The number of nitrogens with zero attached hydrogens (tertiary/aromatic N) is 3. The topological polar surface area (TPSA) is 67.4 Å². The number of methoxy groups -OCH3 is 1. The molecule has 166 valence electrons. The molecule has 3 aromatic rings. The molecular weight excluding hydrogens is 410 g/mol. The molecular formula is C28H27N3O2. The van der Waals surface area contributed by atoms with Gasteiger partial charge in [-0.25, -0.2) is 4.98 Å². The van der Waals surface area contributed by atoms with Gasteiger partial charge in [0.2, 0.25) is 0 Å². The normalized spacial score (nSPS) is 20.6. The van der Waals surface area contributed by atoms with Gasteiger partial charge >= 0.3 is 0 Å². The van der Waals surface area contributed by atoms with E-state index in [1.54, 1.807) is 13.3 Å². The molecule has 0 bridgehead atoms. The van der Waals surface area contributed by atoms with Gasteiger partial charge in [-0.2, -0.15) is 5.26 Å². The second-order valence-corrected chi connectivity index (χ2v) is 9.30. The molecule has 1 aromatic carbocycles. The van der Waals surface area contributed by atoms with Crippen LogP contribution in [0, 0.1) is 16.7 Å². The molecule has 0 saturated carbocycles. The van der Waals surface area contributed by atoms with Crippen molar-refractivity contribution in [2.45, 2.75) is 45.4 Å². The molecule has 1 atom stereocenters. The average molecular weight is 438 g/mol. The molecule has 2 aromatic heterocycles. The Kier molecular flexibility index (Phi) is 5.38. The summed E-state index contributed by atoms with van der Waals surface area (Å²) in [7, 11) is 1.70. The highest BCUT2D eigenvalue weighted by Gasteiger charge is 2.29. The maximum Gasteiger partial charge on any atom is 0.170 e. The third kappa shape index (κ3) is 3.87. The van der Waals surface area contributed by atoms with Crippen LogP contribution in [0.25, 0.3) is 11.2 Å². The number of hydrogen-bond donors (Lipinski definition) is 0. The predicted octanol–water partition coefficient (Wildman–Crippen LogP) is 5.93. The van der Waals surface area contributed by atoms with Gasteiger partial charge in [0.25, 0.3) is 0 Å². The Morgan fingerprint density at radius 2 is 2.09 bits per heavy atom. The molecule has 2 aliphatic carbocycles. The highest BCUT2D eigenvalue weighted by atomic mass is 16.5. The number of ether oxygens (including phenoxy) is 1. The van der Waals surface area contributed by atoms with Crippen molar-refractivity contribution in [3.8, 4) is 11.8 Å². The molecule has 5 heteroatoms. The number of rotatable bonds is 4. The first-order valence-electron chi connectivity index (χ1n) is 11.5. The van der Waals surface area contributed by atoms with Gasteiger partial charge in [-0.3, -0.25) is 4.79 Å². The Morgan fingerprint density at radius 1 is 1.21 bits per heavy atom. The van der Waals surface area contributed by atoms with Gasteiger partial charge in [0.15, 0.2) is 6.29 Å². The van der Waals surface area contributed by atoms with Crippen molar-refractivity contribution in [2.75, 3.05) is 7.11 Å². The predicted molar refractivity (Wildman–Crippen MR) is 128 cm³/mol. The van der Waals surface area contributed by atoms with E-state index < -0.39 is 0 Å². The van der Waals surface area contributed by atoms with E-state index in [2.05, 4.69) is 48.3 Å². The Morgan fingerprint density at radius 3 is 2.82 bits per heavy atom. The van der Waals surface area contributed by atoms with Gasteiger partial charge in [-0.15, -0.1) is 0 Å². The van der Waals surface area contributed by atoms with Crippen molar-refractivity contribution >= 4 is 17.5 Å². The van der Waals surface area contributed by atoms with Gasteiger partial charge in [-0.05, 0) is 103 Å². The van der Waals surface area contributed by atoms with Gasteiger partial charge in [0.1, 0.15) is 17.1 Å². The fraction of sp³-hybridized carbons (Fsp3) is 0.321. The van der Waals surface area contributed by atoms with Crippen LogP contribution in [0.1, 0.15) is 66.2 Å². The van der Waals surface area contributed by atoms with Crippen LogP contribution in [0.4, 0.5) is 0 Å². The molecule has 0 aliphatic heterocycles. The quantitative estimate of drug-likeness (QED) is 0.474. The van der Waals surface area contributed by atoms with Gasteiger partial charge in [-0.1, -0.05) is 12.1 Å². The monoisotopic (exact) mass is 437 g/mol. The lowest BCUT2D eigenvalue weighted by Gasteiger charge is -2.28. The van der Waals surface area contributed by atoms with Gasteiger partial charge < -0.3 is 9.14 Å². The number of aldehydes is 1. The lowest BCUT2D eigenvalue weighted by Crippen LogP contribution is -2.17. The van der Waals surface area contributed by atoms with Crippen molar-refractivity contribution in [2.24, 2.45) is 5.41 Å². The number of nitriles is 1. The molecule has 5 rings (SSSR count). The number of carbonyl (C=O) groups is 1. The second kappa shape index (κ2) is 8.37. The number of aromatic nitrogens is 2. The first-order valence-corrected chi connectivity index (χ1v) is 11.5. The van der Waals surface area contributed by atoms with E-state index in [4.69, 9.17) is 4.74 Å². The lowest BCUT2D eigenvalue weighted by atomic mass is 9.75. The molecule has 1 unspecified atom stereocenters. The van der Waals surface area contributed by atoms with Crippen LogP contribution in [0.3, 0.4) is 0 Å². The SMILES string of the molecule is COc1ccc2c(c1)CCCC(C1=CCC(C)(C#N)CC1)=C2c1ccn2cc(C=O)nc2c1. The smallest absolute Gasteiger partial charge is 0.170 e. The minimum absolute atomic E-state index is 0.278.